The van der Waals surface area contributed by atoms with Gasteiger partial charge in [0.15, 0.2) is 5.65 Å². The molecule has 2 heterocycles. The first-order valence-electron chi connectivity index (χ1n) is 5.89. The maximum absolute atomic E-state index is 11.0. The van der Waals surface area contributed by atoms with E-state index in [1.807, 2.05) is 0 Å². The smallest absolute Gasteiger partial charge is 0.335 e. The third kappa shape index (κ3) is 2.45. The maximum atomic E-state index is 11.0. The summed E-state index contributed by atoms with van der Waals surface area (Å²) in [5.41, 5.74) is 0.759. The lowest BCUT2D eigenvalue weighted by Crippen LogP contribution is -1.98. The number of aromatic nitrogens is 4. The van der Waals surface area contributed by atoms with Crippen molar-refractivity contribution in [3.8, 4) is 11.6 Å². The minimum absolute atomic E-state index is 0.129. The number of hydrogen-bond donors (Lipinski definition) is 1. The Morgan fingerprint density at radius 1 is 1.38 bits per heavy atom. The average molecular weight is 349 g/mol. The van der Waals surface area contributed by atoms with E-state index in [0.29, 0.717) is 27.1 Å². The first kappa shape index (κ1) is 13.5. The van der Waals surface area contributed by atoms with E-state index in [1.165, 1.54) is 18.5 Å². The Hall–Kier alpha value is -2.48. The molecule has 21 heavy (non-hydrogen) atoms. The van der Waals surface area contributed by atoms with Gasteiger partial charge in [0.2, 0.25) is 5.88 Å². The molecule has 1 N–H and O–H groups in total. The second-order valence-corrected chi connectivity index (χ2v) is 5.09. The highest BCUT2D eigenvalue weighted by molar-refractivity contribution is 9.10. The standard InChI is InChI=1S/C13H9BrN4O3/c1-18-11-8(5-17-18)12(16-6-15-11)21-10-4-7(13(19)20)2-3-9(10)14/h2-6H,1H3,(H,19,20). The summed E-state index contributed by atoms with van der Waals surface area (Å²) in [4.78, 5) is 19.2. The number of nitrogens with zero attached hydrogens (tertiary/aromatic N) is 4. The highest BCUT2D eigenvalue weighted by Crippen LogP contribution is 2.32. The van der Waals surface area contributed by atoms with Crippen LogP contribution in [0.4, 0.5) is 0 Å². The third-order valence-electron chi connectivity index (χ3n) is 2.88. The van der Waals surface area contributed by atoms with Crippen molar-refractivity contribution in [2.75, 3.05) is 0 Å². The van der Waals surface area contributed by atoms with Crippen LogP contribution in [-0.4, -0.2) is 30.8 Å². The Labute approximate surface area is 127 Å². The predicted octanol–water partition coefficient (Wildman–Crippen LogP) is 2.62. The zero-order chi connectivity index (χ0) is 15.0. The van der Waals surface area contributed by atoms with Crippen LogP contribution in [0, 0.1) is 0 Å². The van der Waals surface area contributed by atoms with Crippen LogP contribution in [0.2, 0.25) is 0 Å². The number of aromatic carboxylic acids is 1. The molecule has 106 valence electrons. The van der Waals surface area contributed by atoms with Crippen molar-refractivity contribution in [1.29, 1.82) is 0 Å². The molecule has 3 rings (SSSR count). The second kappa shape index (κ2) is 5.13. The number of carboxylic acids is 1. The number of benzene rings is 1. The molecule has 0 fully saturated rings. The van der Waals surface area contributed by atoms with Gasteiger partial charge in [-0.2, -0.15) is 5.10 Å². The number of fused-ring (bicyclic) bond motifs is 1. The zero-order valence-electron chi connectivity index (χ0n) is 10.8. The fourth-order valence-corrected chi connectivity index (χ4v) is 2.17. The molecule has 0 saturated carbocycles. The zero-order valence-corrected chi connectivity index (χ0v) is 12.4. The van der Waals surface area contributed by atoms with E-state index in [0.717, 1.165) is 0 Å². The molecular weight excluding hydrogens is 340 g/mol. The SMILES string of the molecule is Cn1ncc2c(Oc3cc(C(=O)O)ccc3Br)ncnc21. The number of hydrogen-bond acceptors (Lipinski definition) is 5. The van der Waals surface area contributed by atoms with Gasteiger partial charge in [-0.25, -0.2) is 14.8 Å². The summed E-state index contributed by atoms with van der Waals surface area (Å²) in [6.45, 7) is 0. The molecule has 0 aliphatic heterocycles. The van der Waals surface area contributed by atoms with Gasteiger partial charge in [0.25, 0.3) is 0 Å². The van der Waals surface area contributed by atoms with Gasteiger partial charge in [-0.05, 0) is 34.1 Å². The van der Waals surface area contributed by atoms with Crippen LogP contribution in [0.1, 0.15) is 10.4 Å². The van der Waals surface area contributed by atoms with Gasteiger partial charge >= 0.3 is 5.97 Å². The number of aryl methyl sites for hydroxylation is 1. The minimum atomic E-state index is -1.03. The average Bonchev–Trinajstić information content (AvgIpc) is 2.84. The normalized spacial score (nSPS) is 10.8. The number of carboxylic acid groups (broad SMARTS) is 1. The summed E-state index contributed by atoms with van der Waals surface area (Å²) in [5.74, 6) is -0.350. The van der Waals surface area contributed by atoms with Crippen molar-refractivity contribution in [3.05, 3.63) is 40.8 Å². The molecule has 7 nitrogen and oxygen atoms in total. The van der Waals surface area contributed by atoms with Gasteiger partial charge in [0, 0.05) is 7.05 Å². The molecule has 0 atom stereocenters. The van der Waals surface area contributed by atoms with Gasteiger partial charge in [-0.15, -0.1) is 0 Å². The Kier molecular flexibility index (Phi) is 3.30. The lowest BCUT2D eigenvalue weighted by Gasteiger charge is -2.08. The van der Waals surface area contributed by atoms with Crippen molar-refractivity contribution in [3.63, 3.8) is 0 Å². The van der Waals surface area contributed by atoms with Crippen LogP contribution < -0.4 is 4.74 Å². The first-order chi connectivity index (χ1) is 10.1. The number of rotatable bonds is 3. The summed E-state index contributed by atoms with van der Waals surface area (Å²) in [5, 5.41) is 13.8. The maximum Gasteiger partial charge on any atom is 0.335 e. The Bertz CT molecular complexity index is 847. The Balaban J connectivity index is 2.06. The quantitative estimate of drug-likeness (QED) is 0.782. The summed E-state index contributed by atoms with van der Waals surface area (Å²) in [6, 6.07) is 4.52. The van der Waals surface area contributed by atoms with Crippen molar-refractivity contribution < 1.29 is 14.6 Å². The summed E-state index contributed by atoms with van der Waals surface area (Å²) < 4.78 is 7.94. The molecule has 0 bridgehead atoms. The molecule has 0 amide bonds. The largest absolute Gasteiger partial charge is 0.478 e. The monoisotopic (exact) mass is 348 g/mol. The van der Waals surface area contributed by atoms with Crippen LogP contribution in [0.25, 0.3) is 11.0 Å². The molecule has 8 heteroatoms. The molecule has 0 saturated heterocycles. The topological polar surface area (TPSA) is 90.1 Å². The predicted molar refractivity (Wildman–Crippen MR) is 77.5 cm³/mol. The van der Waals surface area contributed by atoms with Crippen LogP contribution in [0.5, 0.6) is 11.6 Å². The lowest BCUT2D eigenvalue weighted by atomic mass is 10.2. The highest BCUT2D eigenvalue weighted by Gasteiger charge is 2.13. The van der Waals surface area contributed by atoms with E-state index in [4.69, 9.17) is 9.84 Å². The molecule has 0 radical (unpaired) electrons. The van der Waals surface area contributed by atoms with Crippen LogP contribution in [-0.2, 0) is 7.05 Å². The van der Waals surface area contributed by atoms with Crippen molar-refractivity contribution >= 4 is 32.9 Å². The van der Waals surface area contributed by atoms with Gasteiger partial charge in [0.05, 0.1) is 16.2 Å². The fourth-order valence-electron chi connectivity index (χ4n) is 1.84. The van der Waals surface area contributed by atoms with E-state index in [1.54, 1.807) is 24.0 Å². The Morgan fingerprint density at radius 3 is 2.95 bits per heavy atom. The van der Waals surface area contributed by atoms with Gasteiger partial charge in [0.1, 0.15) is 17.5 Å². The molecule has 0 unspecified atom stereocenters. The molecular formula is C13H9BrN4O3. The number of halogens is 1. The van der Waals surface area contributed by atoms with E-state index in [-0.39, 0.29) is 5.56 Å². The van der Waals surface area contributed by atoms with E-state index >= 15 is 0 Å². The fraction of sp³-hybridized carbons (Fsp3) is 0.0769. The summed E-state index contributed by atoms with van der Waals surface area (Å²) in [6.07, 6.45) is 2.97. The summed E-state index contributed by atoms with van der Waals surface area (Å²) >= 11 is 3.32. The van der Waals surface area contributed by atoms with Gasteiger partial charge in [-0.1, -0.05) is 0 Å². The van der Waals surface area contributed by atoms with Crippen molar-refractivity contribution in [1.82, 2.24) is 19.7 Å². The van der Waals surface area contributed by atoms with Gasteiger partial charge < -0.3 is 9.84 Å². The van der Waals surface area contributed by atoms with Crippen molar-refractivity contribution in [2.45, 2.75) is 0 Å². The molecule has 0 spiro atoms. The van der Waals surface area contributed by atoms with E-state index < -0.39 is 5.97 Å². The van der Waals surface area contributed by atoms with E-state index in [2.05, 4.69) is 31.0 Å². The molecule has 2 aromatic heterocycles. The lowest BCUT2D eigenvalue weighted by molar-refractivity contribution is 0.0696. The number of carbonyl (C=O) groups is 1. The van der Waals surface area contributed by atoms with E-state index in [9.17, 15) is 4.79 Å². The molecule has 0 aliphatic carbocycles. The number of ether oxygens (including phenoxy) is 1. The second-order valence-electron chi connectivity index (χ2n) is 4.24. The summed E-state index contributed by atoms with van der Waals surface area (Å²) in [7, 11) is 1.76. The van der Waals surface area contributed by atoms with Crippen LogP contribution in [0.3, 0.4) is 0 Å². The Morgan fingerprint density at radius 2 is 2.19 bits per heavy atom. The van der Waals surface area contributed by atoms with Crippen LogP contribution >= 0.6 is 15.9 Å². The molecule has 1 aromatic carbocycles. The van der Waals surface area contributed by atoms with Gasteiger partial charge in [-0.3, -0.25) is 4.68 Å². The minimum Gasteiger partial charge on any atom is -0.478 e. The van der Waals surface area contributed by atoms with Crippen molar-refractivity contribution in [2.24, 2.45) is 7.05 Å². The van der Waals surface area contributed by atoms with Crippen LogP contribution in [0.15, 0.2) is 35.2 Å². The third-order valence-corrected chi connectivity index (χ3v) is 3.53. The molecule has 0 aliphatic rings. The highest BCUT2D eigenvalue weighted by atomic mass is 79.9. The molecule has 3 aromatic rings. The first-order valence-corrected chi connectivity index (χ1v) is 6.69.